The first kappa shape index (κ1) is 43.7. The number of thioether (sulfide) groups is 1. The fourth-order valence-corrected chi connectivity index (χ4v) is 11.0. The van der Waals surface area contributed by atoms with Crippen molar-refractivity contribution in [3.63, 3.8) is 0 Å². The van der Waals surface area contributed by atoms with Gasteiger partial charge in [0.25, 0.3) is 11.8 Å². The highest BCUT2D eigenvalue weighted by molar-refractivity contribution is 7.99. The molecule has 0 aliphatic carbocycles. The minimum Gasteiger partial charge on any atom is -0.494 e. The van der Waals surface area contributed by atoms with Crippen molar-refractivity contribution < 1.29 is 28.5 Å². The van der Waals surface area contributed by atoms with Gasteiger partial charge < -0.3 is 29.7 Å². The number of carbonyl (C=O) groups excluding carboxylic acids is 4. The van der Waals surface area contributed by atoms with Crippen LogP contribution in [0.15, 0.2) is 71.8 Å². The number of aromatic nitrogens is 2. The van der Waals surface area contributed by atoms with E-state index in [4.69, 9.17) is 16.3 Å². The Kier molecular flexibility index (Phi) is 13.2. The van der Waals surface area contributed by atoms with E-state index in [0.717, 1.165) is 92.0 Å². The first-order valence-electron chi connectivity index (χ1n) is 21.0. The van der Waals surface area contributed by atoms with Crippen LogP contribution in [-0.2, 0) is 14.2 Å². The van der Waals surface area contributed by atoms with Crippen LogP contribution in [-0.4, -0.2) is 132 Å². The van der Waals surface area contributed by atoms with E-state index in [2.05, 4.69) is 46.7 Å². The number of rotatable bonds is 14. The third-order valence-corrected chi connectivity index (χ3v) is 14.9. The molecule has 1 unspecified atom stereocenters. The van der Waals surface area contributed by atoms with Crippen LogP contribution in [0.25, 0.3) is 0 Å². The van der Waals surface area contributed by atoms with Gasteiger partial charge in [0.2, 0.25) is 17.8 Å². The normalized spacial score (nSPS) is 19.1. The summed E-state index contributed by atoms with van der Waals surface area (Å²) in [5, 5.41) is 9.83. The number of fused-ring (bicyclic) bond motifs is 1. The third kappa shape index (κ3) is 9.49. The molecule has 0 spiro atoms. The molecule has 3 aromatic carbocycles. The Morgan fingerprint density at radius 2 is 1.68 bits per heavy atom. The average Bonchev–Trinajstić information content (AvgIpc) is 3.52. The maximum atomic E-state index is 13.5. The van der Waals surface area contributed by atoms with Gasteiger partial charge in [0.15, 0.2) is 5.82 Å². The second-order valence-corrected chi connectivity index (χ2v) is 21.0. The zero-order valence-electron chi connectivity index (χ0n) is 35.1. The molecule has 1 aromatic heterocycles. The Labute approximate surface area is 370 Å². The average molecular weight is 900 g/mol. The highest BCUT2D eigenvalue weighted by atomic mass is 35.5. The van der Waals surface area contributed by atoms with Gasteiger partial charge in [-0.25, -0.2) is 4.98 Å². The molecule has 326 valence electrons. The number of carbonyl (C=O) groups is 4. The van der Waals surface area contributed by atoms with E-state index in [0.29, 0.717) is 50.7 Å². The molecule has 3 N–H and O–H groups in total. The molecule has 0 saturated carbocycles. The topological polar surface area (TPSA) is 169 Å². The number of hydrogen-bond donors (Lipinski definition) is 3. The zero-order chi connectivity index (χ0) is 43.5. The molecule has 62 heavy (non-hydrogen) atoms. The van der Waals surface area contributed by atoms with E-state index in [1.54, 1.807) is 44.3 Å². The summed E-state index contributed by atoms with van der Waals surface area (Å²) in [6, 6.07) is 18.4. The van der Waals surface area contributed by atoms with Gasteiger partial charge in [0, 0.05) is 73.7 Å². The number of hydrogen-bond acceptors (Lipinski definition) is 14. The smallest absolute Gasteiger partial charge is 0.263 e. The molecule has 4 amide bonds. The SMILES string of the molecule is COc1cc(N2CCC(N3CCN(CCCSc4cccc5c4C(=O)N(C4CCC(=O)NC4=O)C5=O)CC3)CC2)ccc1Nc1ncc(Cl)c(Nc2ccccc2P(C)(C)=O)n1. The summed E-state index contributed by atoms with van der Waals surface area (Å²) in [5.74, 6) is 0.271. The summed E-state index contributed by atoms with van der Waals surface area (Å²) in [6.45, 7) is 10.4. The quantitative estimate of drug-likeness (QED) is 0.0580. The molecule has 1 atom stereocenters. The standard InChI is InChI=1S/C44H51ClN9O6PS/c1-60-35-26-29(12-13-32(35)48-44-46-27-31(45)40(50-44)47-33-9-4-5-10-36(33)61(2,3)59)52-19-16-28(17-20-52)53-23-21-51(22-24-53)18-7-25-62-37-11-6-8-30-39(37)43(58)54(42(30)57)34-14-15-38(55)49-41(34)56/h4-6,8-13,26-28,34H,7,14-25H2,1-3H3,(H,49,55,56)(H2,46,47,48,50). The monoisotopic (exact) mass is 899 g/mol. The van der Waals surface area contributed by atoms with E-state index in [9.17, 15) is 23.7 Å². The first-order chi connectivity index (χ1) is 29.9. The van der Waals surface area contributed by atoms with Crippen LogP contribution in [0.3, 0.4) is 0 Å². The number of imide groups is 2. The molecular formula is C44H51ClN9O6PS. The first-order valence-corrected chi connectivity index (χ1v) is 24.9. The predicted molar refractivity (Wildman–Crippen MR) is 244 cm³/mol. The van der Waals surface area contributed by atoms with Gasteiger partial charge in [0.1, 0.15) is 24.0 Å². The molecule has 15 nitrogen and oxygen atoms in total. The third-order valence-electron chi connectivity index (χ3n) is 12.0. The summed E-state index contributed by atoms with van der Waals surface area (Å²) in [7, 11) is -0.905. The van der Waals surface area contributed by atoms with Crippen molar-refractivity contribution in [2.75, 3.05) is 87.5 Å². The Morgan fingerprint density at radius 3 is 2.42 bits per heavy atom. The molecule has 4 aliphatic rings. The lowest BCUT2D eigenvalue weighted by molar-refractivity contribution is -0.136. The van der Waals surface area contributed by atoms with Gasteiger partial charge in [-0.15, -0.1) is 11.8 Å². The molecule has 3 fully saturated rings. The fraction of sp³-hybridized carbons (Fsp3) is 0.409. The van der Waals surface area contributed by atoms with E-state index in [1.165, 1.54) is 6.20 Å². The van der Waals surface area contributed by atoms with E-state index >= 15 is 0 Å². The Balaban J connectivity index is 0.787. The number of halogens is 1. The summed E-state index contributed by atoms with van der Waals surface area (Å²) < 4.78 is 18.7. The summed E-state index contributed by atoms with van der Waals surface area (Å²) in [5.41, 5.74) is 3.17. The number of nitrogens with zero attached hydrogens (tertiary/aromatic N) is 6. The Bertz CT molecular complexity index is 2420. The lowest BCUT2D eigenvalue weighted by Crippen LogP contribution is -2.54. The highest BCUT2D eigenvalue weighted by Crippen LogP contribution is 2.40. The van der Waals surface area contributed by atoms with Gasteiger partial charge in [-0.3, -0.25) is 34.3 Å². The van der Waals surface area contributed by atoms with Crippen LogP contribution < -0.4 is 30.9 Å². The van der Waals surface area contributed by atoms with Crippen LogP contribution in [0, 0.1) is 0 Å². The Hall–Kier alpha value is -4.99. The van der Waals surface area contributed by atoms with Crippen LogP contribution >= 0.6 is 30.5 Å². The van der Waals surface area contributed by atoms with Gasteiger partial charge in [-0.2, -0.15) is 4.98 Å². The number of piperidine rings is 2. The molecule has 3 saturated heterocycles. The van der Waals surface area contributed by atoms with Gasteiger partial charge in [-0.1, -0.05) is 29.8 Å². The molecule has 0 radical (unpaired) electrons. The predicted octanol–water partition coefficient (Wildman–Crippen LogP) is 6.04. The second kappa shape index (κ2) is 18.8. The zero-order valence-corrected chi connectivity index (χ0v) is 37.5. The lowest BCUT2D eigenvalue weighted by Gasteiger charge is -2.43. The van der Waals surface area contributed by atoms with E-state index in [1.807, 2.05) is 42.5 Å². The molecule has 5 heterocycles. The van der Waals surface area contributed by atoms with Gasteiger partial charge in [-0.05, 0) is 87.7 Å². The number of ether oxygens (including phenoxy) is 1. The molecule has 4 aliphatic heterocycles. The van der Waals surface area contributed by atoms with Crippen molar-refractivity contribution in [3.05, 3.63) is 83.0 Å². The van der Waals surface area contributed by atoms with E-state index in [-0.39, 0.29) is 18.7 Å². The molecular weight excluding hydrogens is 849 g/mol. The maximum absolute atomic E-state index is 13.5. The van der Waals surface area contributed by atoms with Gasteiger partial charge in [0.05, 0.1) is 35.8 Å². The summed E-state index contributed by atoms with van der Waals surface area (Å²) in [6.07, 6.45) is 4.85. The second-order valence-electron chi connectivity index (χ2n) is 16.3. The number of nitrogens with one attached hydrogen (secondary N) is 3. The lowest BCUT2D eigenvalue weighted by atomic mass is 10.0. The maximum Gasteiger partial charge on any atom is 0.263 e. The minimum atomic E-state index is -2.55. The van der Waals surface area contributed by atoms with Crippen LogP contribution in [0.5, 0.6) is 5.75 Å². The summed E-state index contributed by atoms with van der Waals surface area (Å²) >= 11 is 8.05. The van der Waals surface area contributed by atoms with Crippen molar-refractivity contribution >= 4 is 88.3 Å². The van der Waals surface area contributed by atoms with Crippen LogP contribution in [0.1, 0.15) is 52.8 Å². The molecule has 4 aromatic rings. The number of piperazine rings is 1. The number of para-hydroxylation sites is 1. The molecule has 0 bridgehead atoms. The minimum absolute atomic E-state index is 0.0949. The highest BCUT2D eigenvalue weighted by Gasteiger charge is 2.45. The van der Waals surface area contributed by atoms with Crippen molar-refractivity contribution in [1.82, 2.24) is 30.0 Å². The number of anilines is 5. The van der Waals surface area contributed by atoms with Gasteiger partial charge >= 0.3 is 0 Å². The van der Waals surface area contributed by atoms with Crippen molar-refractivity contribution in [1.29, 1.82) is 0 Å². The fourth-order valence-electron chi connectivity index (χ4n) is 8.71. The number of amides is 4. The van der Waals surface area contributed by atoms with Crippen LogP contribution in [0.2, 0.25) is 5.02 Å². The van der Waals surface area contributed by atoms with Crippen molar-refractivity contribution in [2.24, 2.45) is 0 Å². The van der Waals surface area contributed by atoms with Crippen molar-refractivity contribution in [2.45, 2.75) is 49.1 Å². The Morgan fingerprint density at radius 1 is 0.903 bits per heavy atom. The molecule has 8 rings (SSSR count). The van der Waals surface area contributed by atoms with E-state index < -0.39 is 30.9 Å². The summed E-state index contributed by atoms with van der Waals surface area (Å²) in [4.78, 5) is 69.2. The number of methoxy groups -OCH3 is 1. The number of benzene rings is 3. The van der Waals surface area contributed by atoms with Crippen molar-refractivity contribution in [3.8, 4) is 5.75 Å². The van der Waals surface area contributed by atoms with Crippen LogP contribution in [0.4, 0.5) is 28.8 Å². The molecule has 18 heteroatoms. The largest absolute Gasteiger partial charge is 0.494 e.